The lowest BCUT2D eigenvalue weighted by Gasteiger charge is -2.24. The molecule has 0 radical (unpaired) electrons. The number of carbonyl (C=O) groups is 1. The first kappa shape index (κ1) is 14.3. The third-order valence-corrected chi connectivity index (χ3v) is 4.52. The van der Waals surface area contributed by atoms with Crippen LogP contribution >= 0.6 is 0 Å². The molecular formula is C15H25N3O. The van der Waals surface area contributed by atoms with Gasteiger partial charge < -0.3 is 5.73 Å². The molecule has 4 nitrogen and oxygen atoms in total. The zero-order valence-corrected chi connectivity index (χ0v) is 12.1. The van der Waals surface area contributed by atoms with Gasteiger partial charge in [-0.3, -0.25) is 9.48 Å². The molecule has 0 spiro atoms. The molecule has 106 valence electrons. The molecule has 0 atom stereocenters. The number of hydrogen-bond acceptors (Lipinski definition) is 3. The highest BCUT2D eigenvalue weighted by Crippen LogP contribution is 2.28. The first-order valence-electron chi connectivity index (χ1n) is 7.45. The molecule has 1 aromatic rings. The highest BCUT2D eigenvalue weighted by Gasteiger charge is 2.30. The normalized spacial score (nSPS) is 17.0. The Morgan fingerprint density at radius 3 is 2.63 bits per heavy atom. The van der Waals surface area contributed by atoms with E-state index in [-0.39, 0.29) is 5.78 Å². The van der Waals surface area contributed by atoms with Gasteiger partial charge in [-0.15, -0.1) is 0 Å². The number of Topliss-reactive ketones (excluding diaryl/α,β-unsaturated/α-hetero) is 1. The van der Waals surface area contributed by atoms with Crippen molar-refractivity contribution < 1.29 is 4.79 Å². The van der Waals surface area contributed by atoms with Crippen LogP contribution in [0.3, 0.4) is 0 Å². The summed E-state index contributed by atoms with van der Waals surface area (Å²) >= 11 is 0. The largest absolute Gasteiger partial charge is 0.319 e. The second-order valence-corrected chi connectivity index (χ2v) is 5.69. The topological polar surface area (TPSA) is 60.9 Å². The number of rotatable bonds is 6. The molecule has 1 aliphatic rings. The second kappa shape index (κ2) is 5.87. The van der Waals surface area contributed by atoms with Crippen LogP contribution in [0.4, 0.5) is 0 Å². The van der Waals surface area contributed by atoms with Crippen molar-refractivity contribution >= 4 is 5.78 Å². The van der Waals surface area contributed by atoms with Gasteiger partial charge in [-0.25, -0.2) is 0 Å². The van der Waals surface area contributed by atoms with Crippen LogP contribution in [0.1, 0.15) is 64.1 Å². The van der Waals surface area contributed by atoms with Crippen LogP contribution in [-0.4, -0.2) is 21.1 Å². The Labute approximate surface area is 115 Å². The average Bonchev–Trinajstić information content (AvgIpc) is 3.07. The summed E-state index contributed by atoms with van der Waals surface area (Å²) < 4.78 is 2.03. The summed E-state index contributed by atoms with van der Waals surface area (Å²) in [5.74, 6) is 0.106. The summed E-state index contributed by atoms with van der Waals surface area (Å²) in [5, 5.41) is 4.55. The lowest BCUT2D eigenvalue weighted by Crippen LogP contribution is -2.47. The van der Waals surface area contributed by atoms with E-state index in [1.165, 1.54) is 25.7 Å². The molecule has 2 N–H and O–H groups in total. The van der Waals surface area contributed by atoms with E-state index in [0.717, 1.165) is 5.69 Å². The molecule has 0 bridgehead atoms. The Bertz CT molecular complexity index is 428. The fourth-order valence-corrected chi connectivity index (χ4v) is 2.83. The summed E-state index contributed by atoms with van der Waals surface area (Å²) in [6.07, 6.45) is 8.73. The van der Waals surface area contributed by atoms with Crippen molar-refractivity contribution in [2.24, 2.45) is 5.73 Å². The molecule has 2 rings (SSSR count). The van der Waals surface area contributed by atoms with Crippen LogP contribution in [-0.2, 0) is 11.2 Å². The maximum absolute atomic E-state index is 12.3. The molecular weight excluding hydrogens is 238 g/mol. The monoisotopic (exact) mass is 263 g/mol. The summed E-state index contributed by atoms with van der Waals surface area (Å²) in [5.41, 5.74) is 6.30. The third-order valence-electron chi connectivity index (χ3n) is 4.52. The number of nitrogens with two attached hydrogens (primary N) is 1. The molecule has 0 unspecified atom stereocenters. The molecule has 1 heterocycles. The molecule has 0 saturated heterocycles. The van der Waals surface area contributed by atoms with E-state index in [9.17, 15) is 4.79 Å². The Kier molecular flexibility index (Phi) is 4.40. The van der Waals surface area contributed by atoms with Gasteiger partial charge in [0.15, 0.2) is 5.78 Å². The van der Waals surface area contributed by atoms with Gasteiger partial charge >= 0.3 is 0 Å². The molecule has 1 fully saturated rings. The van der Waals surface area contributed by atoms with Gasteiger partial charge in [-0.2, -0.15) is 5.10 Å². The van der Waals surface area contributed by atoms with Gasteiger partial charge in [0.1, 0.15) is 0 Å². The summed E-state index contributed by atoms with van der Waals surface area (Å²) in [6, 6.07) is 2.49. The van der Waals surface area contributed by atoms with E-state index in [1.807, 2.05) is 30.8 Å². The van der Waals surface area contributed by atoms with Crippen molar-refractivity contribution in [3.63, 3.8) is 0 Å². The van der Waals surface area contributed by atoms with Gasteiger partial charge in [-0.05, 0) is 31.7 Å². The molecule has 4 heteroatoms. The maximum Gasteiger partial charge on any atom is 0.158 e. The summed E-state index contributed by atoms with van der Waals surface area (Å²) in [7, 11) is 0. The Balaban J connectivity index is 2.01. The van der Waals surface area contributed by atoms with E-state index in [1.54, 1.807) is 0 Å². The van der Waals surface area contributed by atoms with Crippen LogP contribution in [0.5, 0.6) is 0 Å². The number of nitrogens with zero attached hydrogens (tertiary/aromatic N) is 2. The van der Waals surface area contributed by atoms with Crippen molar-refractivity contribution in [2.45, 2.75) is 70.4 Å². The summed E-state index contributed by atoms with van der Waals surface area (Å²) in [4.78, 5) is 12.3. The Morgan fingerprint density at radius 2 is 2.05 bits per heavy atom. The fourth-order valence-electron chi connectivity index (χ4n) is 2.83. The van der Waals surface area contributed by atoms with Crippen LogP contribution < -0.4 is 5.73 Å². The van der Waals surface area contributed by atoms with Gasteiger partial charge in [-0.1, -0.05) is 26.7 Å². The van der Waals surface area contributed by atoms with Gasteiger partial charge in [0.25, 0.3) is 0 Å². The maximum atomic E-state index is 12.3. The van der Waals surface area contributed by atoms with E-state index in [0.29, 0.717) is 25.3 Å². The SMILES string of the molecule is CCC(N)(CC)C(=O)Cc1ccn(C2CCCC2)n1. The minimum absolute atomic E-state index is 0.106. The van der Waals surface area contributed by atoms with E-state index >= 15 is 0 Å². The van der Waals surface area contributed by atoms with Crippen molar-refractivity contribution in [1.82, 2.24) is 9.78 Å². The third kappa shape index (κ3) is 3.06. The van der Waals surface area contributed by atoms with Crippen LogP contribution in [0.15, 0.2) is 12.3 Å². The van der Waals surface area contributed by atoms with Crippen LogP contribution in [0.25, 0.3) is 0 Å². The second-order valence-electron chi connectivity index (χ2n) is 5.69. The Hall–Kier alpha value is -1.16. The lowest BCUT2D eigenvalue weighted by atomic mass is 9.87. The van der Waals surface area contributed by atoms with E-state index < -0.39 is 5.54 Å². The molecule has 19 heavy (non-hydrogen) atoms. The van der Waals surface area contributed by atoms with Gasteiger partial charge in [0.05, 0.1) is 23.7 Å². The highest BCUT2D eigenvalue weighted by atomic mass is 16.1. The zero-order chi connectivity index (χ0) is 13.9. The number of aromatic nitrogens is 2. The fraction of sp³-hybridized carbons (Fsp3) is 0.733. The van der Waals surface area contributed by atoms with Crippen LogP contribution in [0, 0.1) is 0 Å². The smallest absolute Gasteiger partial charge is 0.158 e. The first-order valence-corrected chi connectivity index (χ1v) is 7.45. The number of ketones is 1. The standard InChI is InChI=1S/C15H25N3O/c1-3-15(16,4-2)14(19)11-12-9-10-18(17-12)13-7-5-6-8-13/h9-10,13H,3-8,11,16H2,1-2H3. The molecule has 0 aliphatic heterocycles. The summed E-state index contributed by atoms with van der Waals surface area (Å²) in [6.45, 7) is 3.94. The van der Waals surface area contributed by atoms with Crippen molar-refractivity contribution in [3.05, 3.63) is 18.0 Å². The Morgan fingerprint density at radius 1 is 1.42 bits per heavy atom. The minimum Gasteiger partial charge on any atom is -0.319 e. The quantitative estimate of drug-likeness (QED) is 0.858. The highest BCUT2D eigenvalue weighted by molar-refractivity contribution is 5.89. The molecule has 1 aliphatic carbocycles. The molecule has 0 aromatic carbocycles. The lowest BCUT2D eigenvalue weighted by molar-refractivity contribution is -0.123. The zero-order valence-electron chi connectivity index (χ0n) is 12.1. The van der Waals surface area contributed by atoms with Crippen molar-refractivity contribution in [2.75, 3.05) is 0 Å². The van der Waals surface area contributed by atoms with Crippen molar-refractivity contribution in [3.8, 4) is 0 Å². The predicted octanol–water partition coefficient (Wildman–Crippen LogP) is 2.63. The van der Waals surface area contributed by atoms with Gasteiger partial charge in [0, 0.05) is 6.20 Å². The molecule has 1 aromatic heterocycles. The average molecular weight is 263 g/mol. The number of hydrogen-bond donors (Lipinski definition) is 1. The molecule has 0 amide bonds. The van der Waals surface area contributed by atoms with Crippen molar-refractivity contribution in [1.29, 1.82) is 0 Å². The van der Waals surface area contributed by atoms with E-state index in [2.05, 4.69) is 5.10 Å². The molecule has 1 saturated carbocycles. The van der Waals surface area contributed by atoms with Gasteiger partial charge in [0.2, 0.25) is 0 Å². The first-order chi connectivity index (χ1) is 9.09. The number of carbonyl (C=O) groups excluding carboxylic acids is 1. The van der Waals surface area contributed by atoms with Crippen LogP contribution in [0.2, 0.25) is 0 Å². The predicted molar refractivity (Wildman–Crippen MR) is 75.9 cm³/mol. The van der Waals surface area contributed by atoms with E-state index in [4.69, 9.17) is 5.73 Å². The minimum atomic E-state index is -0.683.